The number of hydrogen-bond acceptors (Lipinski definition) is 2. The van der Waals surface area contributed by atoms with Crippen LogP contribution in [0.4, 0.5) is 0 Å². The molecule has 0 N–H and O–H groups in total. The van der Waals surface area contributed by atoms with E-state index in [1.165, 1.54) is 0 Å². The van der Waals surface area contributed by atoms with Gasteiger partial charge >= 0.3 is 0 Å². The Balaban J connectivity index is 4.06. The predicted molar refractivity (Wildman–Crippen MR) is 54.6 cm³/mol. The van der Waals surface area contributed by atoms with Crippen molar-refractivity contribution in [1.82, 2.24) is 0 Å². The monoisotopic (exact) mass is 186 g/mol. The maximum absolute atomic E-state index is 10.6. The zero-order chi connectivity index (χ0) is 10.4. The minimum atomic E-state index is 0.148. The summed E-state index contributed by atoms with van der Waals surface area (Å²) in [5, 5.41) is 0. The van der Waals surface area contributed by atoms with Gasteiger partial charge < -0.3 is 9.53 Å². The minimum absolute atomic E-state index is 0.148. The van der Waals surface area contributed by atoms with Crippen molar-refractivity contribution in [2.75, 3.05) is 13.7 Å². The molecule has 0 rings (SSSR count). The lowest BCUT2D eigenvalue weighted by molar-refractivity contribution is -0.112. The van der Waals surface area contributed by atoms with E-state index in [9.17, 15) is 4.79 Å². The first-order valence-corrected chi connectivity index (χ1v) is 4.98. The van der Waals surface area contributed by atoms with Gasteiger partial charge in [-0.2, -0.15) is 0 Å². The van der Waals surface area contributed by atoms with Gasteiger partial charge in [0.05, 0.1) is 0 Å². The lowest BCUT2D eigenvalue weighted by Crippen LogP contribution is -2.25. The van der Waals surface area contributed by atoms with Gasteiger partial charge in [-0.15, -0.1) is 0 Å². The smallest absolute Gasteiger partial charge is 0.123 e. The Bertz CT molecular complexity index is 145. The molecule has 2 nitrogen and oxygen atoms in total. The largest absolute Gasteiger partial charge is 0.384 e. The molecule has 0 aliphatic carbocycles. The van der Waals surface area contributed by atoms with E-state index in [0.717, 1.165) is 12.9 Å². The fourth-order valence-electron chi connectivity index (χ4n) is 1.54. The van der Waals surface area contributed by atoms with Gasteiger partial charge in [0.25, 0.3) is 0 Å². The number of methoxy groups -OCH3 is 1. The van der Waals surface area contributed by atoms with E-state index in [2.05, 4.69) is 20.8 Å². The van der Waals surface area contributed by atoms with Crippen molar-refractivity contribution in [2.24, 2.45) is 23.7 Å². The molecule has 0 aliphatic heterocycles. The van der Waals surface area contributed by atoms with Gasteiger partial charge in [0, 0.05) is 19.6 Å². The quantitative estimate of drug-likeness (QED) is 0.595. The normalized spacial score (nSPS) is 20.4. The molecule has 0 heterocycles. The van der Waals surface area contributed by atoms with Crippen LogP contribution in [0.3, 0.4) is 0 Å². The fraction of sp³-hybridized carbons (Fsp3) is 0.909. The Morgan fingerprint density at radius 3 is 2.08 bits per heavy atom. The molecule has 0 aromatic heterocycles. The third-order valence-electron chi connectivity index (χ3n) is 3.20. The second kappa shape index (κ2) is 6.14. The zero-order valence-electron chi connectivity index (χ0n) is 9.41. The van der Waals surface area contributed by atoms with Crippen LogP contribution in [0, 0.1) is 23.7 Å². The predicted octanol–water partition coefficient (Wildman–Crippen LogP) is 2.38. The molecule has 0 spiro atoms. The van der Waals surface area contributed by atoms with Gasteiger partial charge in [0.1, 0.15) is 6.29 Å². The molecule has 4 atom stereocenters. The first-order chi connectivity index (χ1) is 6.04. The van der Waals surface area contributed by atoms with Crippen LogP contribution in [0.1, 0.15) is 27.7 Å². The Morgan fingerprint density at radius 2 is 1.69 bits per heavy atom. The number of carbonyl (C=O) groups excluding carboxylic acids is 1. The first kappa shape index (κ1) is 12.6. The summed E-state index contributed by atoms with van der Waals surface area (Å²) >= 11 is 0. The molecule has 0 bridgehead atoms. The summed E-state index contributed by atoms with van der Waals surface area (Å²) in [5.74, 6) is 1.62. The summed E-state index contributed by atoms with van der Waals surface area (Å²) < 4.78 is 5.10. The molecule has 0 aromatic rings. The number of aldehydes is 1. The second-order valence-electron chi connectivity index (χ2n) is 4.15. The molecule has 0 aromatic carbocycles. The first-order valence-electron chi connectivity index (χ1n) is 4.98. The van der Waals surface area contributed by atoms with Gasteiger partial charge in [0.15, 0.2) is 0 Å². The van der Waals surface area contributed by atoms with E-state index in [1.807, 2.05) is 6.92 Å². The maximum atomic E-state index is 10.6. The summed E-state index contributed by atoms with van der Waals surface area (Å²) in [6.45, 7) is 9.25. The molecule has 0 saturated heterocycles. The van der Waals surface area contributed by atoms with Crippen LogP contribution in [0.5, 0.6) is 0 Å². The SMILES string of the molecule is COCC(C)C(C)C(C)C(C)C=O. The highest BCUT2D eigenvalue weighted by molar-refractivity contribution is 5.53. The molecule has 4 unspecified atom stereocenters. The summed E-state index contributed by atoms with van der Waals surface area (Å²) in [5.41, 5.74) is 0. The number of hydrogen-bond donors (Lipinski definition) is 0. The third-order valence-corrected chi connectivity index (χ3v) is 3.20. The van der Waals surface area contributed by atoms with Crippen LogP contribution in [-0.2, 0) is 9.53 Å². The van der Waals surface area contributed by atoms with E-state index in [1.54, 1.807) is 7.11 Å². The molecule has 0 amide bonds. The average molecular weight is 186 g/mol. The van der Waals surface area contributed by atoms with Crippen LogP contribution >= 0.6 is 0 Å². The van der Waals surface area contributed by atoms with Gasteiger partial charge in [0.2, 0.25) is 0 Å². The minimum Gasteiger partial charge on any atom is -0.384 e. The summed E-state index contributed by atoms with van der Waals surface area (Å²) in [6, 6.07) is 0. The fourth-order valence-corrected chi connectivity index (χ4v) is 1.54. The second-order valence-corrected chi connectivity index (χ2v) is 4.15. The molecular weight excluding hydrogens is 164 g/mol. The zero-order valence-corrected chi connectivity index (χ0v) is 9.41. The average Bonchev–Trinajstić information content (AvgIpc) is 2.14. The van der Waals surface area contributed by atoms with Crippen LogP contribution in [0.25, 0.3) is 0 Å². The van der Waals surface area contributed by atoms with E-state index in [0.29, 0.717) is 17.8 Å². The van der Waals surface area contributed by atoms with E-state index < -0.39 is 0 Å². The van der Waals surface area contributed by atoms with Crippen LogP contribution in [0.2, 0.25) is 0 Å². The summed E-state index contributed by atoms with van der Waals surface area (Å²) in [4.78, 5) is 10.6. The molecule has 13 heavy (non-hydrogen) atoms. The highest BCUT2D eigenvalue weighted by Gasteiger charge is 2.23. The van der Waals surface area contributed by atoms with Gasteiger partial charge in [-0.3, -0.25) is 0 Å². The highest BCUT2D eigenvalue weighted by Crippen LogP contribution is 2.25. The summed E-state index contributed by atoms with van der Waals surface area (Å²) in [6.07, 6.45) is 1.04. The molecular formula is C11H22O2. The molecule has 0 radical (unpaired) electrons. The third kappa shape index (κ3) is 3.90. The van der Waals surface area contributed by atoms with Crippen molar-refractivity contribution < 1.29 is 9.53 Å². The highest BCUT2D eigenvalue weighted by atomic mass is 16.5. The number of carbonyl (C=O) groups is 1. The van der Waals surface area contributed by atoms with E-state index in [4.69, 9.17) is 4.74 Å². The van der Waals surface area contributed by atoms with Gasteiger partial charge in [-0.05, 0) is 17.8 Å². The van der Waals surface area contributed by atoms with Crippen molar-refractivity contribution in [3.8, 4) is 0 Å². The molecule has 2 heteroatoms. The van der Waals surface area contributed by atoms with Crippen LogP contribution < -0.4 is 0 Å². The maximum Gasteiger partial charge on any atom is 0.123 e. The van der Waals surface area contributed by atoms with Crippen molar-refractivity contribution in [3.05, 3.63) is 0 Å². The number of ether oxygens (including phenoxy) is 1. The van der Waals surface area contributed by atoms with Crippen LogP contribution in [-0.4, -0.2) is 20.0 Å². The molecule has 0 fully saturated rings. The van der Waals surface area contributed by atoms with Crippen LogP contribution in [0.15, 0.2) is 0 Å². The Morgan fingerprint density at radius 1 is 1.15 bits per heavy atom. The topological polar surface area (TPSA) is 26.3 Å². The van der Waals surface area contributed by atoms with E-state index in [-0.39, 0.29) is 5.92 Å². The van der Waals surface area contributed by atoms with E-state index >= 15 is 0 Å². The Hall–Kier alpha value is -0.370. The molecule has 0 aliphatic rings. The lowest BCUT2D eigenvalue weighted by Gasteiger charge is -2.27. The Labute approximate surface area is 81.7 Å². The van der Waals surface area contributed by atoms with Crippen molar-refractivity contribution in [3.63, 3.8) is 0 Å². The van der Waals surface area contributed by atoms with Crippen molar-refractivity contribution >= 4 is 6.29 Å². The van der Waals surface area contributed by atoms with Gasteiger partial charge in [-0.25, -0.2) is 0 Å². The van der Waals surface area contributed by atoms with Crippen molar-refractivity contribution in [1.29, 1.82) is 0 Å². The summed E-state index contributed by atoms with van der Waals surface area (Å²) in [7, 11) is 1.72. The standard InChI is InChI=1S/C11H22O2/c1-8(6-12)10(3)11(4)9(2)7-13-5/h6,8-11H,7H2,1-5H3. The lowest BCUT2D eigenvalue weighted by atomic mass is 9.79. The Kier molecular flexibility index (Phi) is 5.97. The number of rotatable bonds is 6. The molecule has 78 valence electrons. The van der Waals surface area contributed by atoms with Crippen molar-refractivity contribution in [2.45, 2.75) is 27.7 Å². The van der Waals surface area contributed by atoms with Gasteiger partial charge in [-0.1, -0.05) is 27.7 Å². The molecule has 0 saturated carbocycles.